The van der Waals surface area contributed by atoms with E-state index in [1.54, 1.807) is 18.2 Å². The highest BCUT2D eigenvalue weighted by Crippen LogP contribution is 2.25. The Morgan fingerprint density at radius 2 is 2.18 bits per heavy atom. The van der Waals surface area contributed by atoms with Crippen LogP contribution in [0, 0.1) is 6.92 Å². The molecular weight excluding hydrogens is 240 g/mol. The highest BCUT2D eigenvalue weighted by atomic mass is 35.5. The molecular formula is C13H11ClO3. The molecule has 88 valence electrons. The van der Waals surface area contributed by atoms with Gasteiger partial charge in [0.2, 0.25) is 0 Å². The Kier molecular flexibility index (Phi) is 3.49. The largest absolute Gasteiger partial charge is 0.485 e. The van der Waals surface area contributed by atoms with Crippen LogP contribution in [-0.2, 0) is 6.61 Å². The van der Waals surface area contributed by atoms with Gasteiger partial charge < -0.3 is 9.15 Å². The van der Waals surface area contributed by atoms with Gasteiger partial charge in [-0.3, -0.25) is 4.79 Å². The van der Waals surface area contributed by atoms with Gasteiger partial charge in [0.05, 0.1) is 0 Å². The molecule has 0 saturated carbocycles. The Hall–Kier alpha value is -1.74. The SMILES string of the molecule is Cc1c(Cl)cccc1OCc1ccc(C=O)o1. The molecule has 2 aromatic rings. The topological polar surface area (TPSA) is 39.4 Å². The maximum atomic E-state index is 10.4. The van der Waals surface area contributed by atoms with Gasteiger partial charge >= 0.3 is 0 Å². The third-order valence-corrected chi connectivity index (χ3v) is 2.80. The Balaban J connectivity index is 2.07. The van der Waals surface area contributed by atoms with Crippen LogP contribution in [-0.4, -0.2) is 6.29 Å². The van der Waals surface area contributed by atoms with Crippen molar-refractivity contribution in [1.82, 2.24) is 0 Å². The monoisotopic (exact) mass is 250 g/mol. The fourth-order valence-corrected chi connectivity index (χ4v) is 1.59. The lowest BCUT2D eigenvalue weighted by Gasteiger charge is -2.08. The van der Waals surface area contributed by atoms with Gasteiger partial charge in [0.15, 0.2) is 12.0 Å². The predicted molar refractivity (Wildman–Crippen MR) is 64.6 cm³/mol. The van der Waals surface area contributed by atoms with Crippen molar-refractivity contribution in [2.24, 2.45) is 0 Å². The van der Waals surface area contributed by atoms with Crippen molar-refractivity contribution < 1.29 is 13.9 Å². The van der Waals surface area contributed by atoms with E-state index in [0.29, 0.717) is 28.6 Å². The summed E-state index contributed by atoms with van der Waals surface area (Å²) in [6.07, 6.45) is 0.661. The van der Waals surface area contributed by atoms with E-state index in [2.05, 4.69) is 0 Å². The van der Waals surface area contributed by atoms with Crippen molar-refractivity contribution in [3.05, 3.63) is 52.4 Å². The first-order valence-corrected chi connectivity index (χ1v) is 5.50. The maximum absolute atomic E-state index is 10.4. The number of rotatable bonds is 4. The van der Waals surface area contributed by atoms with Crippen LogP contribution in [0.4, 0.5) is 0 Å². The van der Waals surface area contributed by atoms with Crippen molar-refractivity contribution in [3.8, 4) is 5.75 Å². The molecule has 2 rings (SSSR count). The molecule has 0 amide bonds. The average molecular weight is 251 g/mol. The van der Waals surface area contributed by atoms with Crippen LogP contribution in [0.1, 0.15) is 21.9 Å². The standard InChI is InChI=1S/C13H11ClO3/c1-9-12(14)3-2-4-13(9)16-8-11-6-5-10(7-15)17-11/h2-7H,8H2,1H3. The second kappa shape index (κ2) is 5.06. The van der Waals surface area contributed by atoms with Crippen molar-refractivity contribution in [1.29, 1.82) is 0 Å². The normalized spacial score (nSPS) is 10.2. The fourth-order valence-electron chi connectivity index (χ4n) is 1.43. The van der Waals surface area contributed by atoms with Gasteiger partial charge in [-0.25, -0.2) is 0 Å². The number of carbonyl (C=O) groups is 1. The molecule has 1 aromatic heterocycles. The number of furan rings is 1. The van der Waals surface area contributed by atoms with Crippen LogP contribution in [0.15, 0.2) is 34.7 Å². The lowest BCUT2D eigenvalue weighted by Crippen LogP contribution is -1.95. The Labute approximate surface area is 104 Å². The van der Waals surface area contributed by atoms with E-state index < -0.39 is 0 Å². The summed E-state index contributed by atoms with van der Waals surface area (Å²) in [6, 6.07) is 8.79. The predicted octanol–water partition coefficient (Wildman–Crippen LogP) is 3.63. The fraction of sp³-hybridized carbons (Fsp3) is 0.154. The molecule has 1 heterocycles. The summed E-state index contributed by atoms with van der Waals surface area (Å²) >= 11 is 5.97. The summed E-state index contributed by atoms with van der Waals surface area (Å²) < 4.78 is 10.8. The molecule has 0 aliphatic carbocycles. The van der Waals surface area contributed by atoms with E-state index in [1.807, 2.05) is 19.1 Å². The Morgan fingerprint density at radius 1 is 1.35 bits per heavy atom. The molecule has 4 heteroatoms. The van der Waals surface area contributed by atoms with E-state index in [0.717, 1.165) is 5.56 Å². The molecule has 0 spiro atoms. The molecule has 0 unspecified atom stereocenters. The molecule has 1 aromatic carbocycles. The summed E-state index contributed by atoms with van der Waals surface area (Å²) in [7, 11) is 0. The lowest BCUT2D eigenvalue weighted by molar-refractivity contribution is 0.109. The molecule has 0 atom stereocenters. The lowest BCUT2D eigenvalue weighted by atomic mass is 10.2. The number of ether oxygens (including phenoxy) is 1. The van der Waals surface area contributed by atoms with Crippen LogP contribution in [0.3, 0.4) is 0 Å². The number of benzene rings is 1. The first-order valence-electron chi connectivity index (χ1n) is 5.12. The smallest absolute Gasteiger partial charge is 0.185 e. The van der Waals surface area contributed by atoms with E-state index in [9.17, 15) is 4.79 Å². The Morgan fingerprint density at radius 3 is 2.88 bits per heavy atom. The van der Waals surface area contributed by atoms with Gasteiger partial charge in [-0.15, -0.1) is 0 Å². The highest BCUT2D eigenvalue weighted by molar-refractivity contribution is 6.31. The summed E-state index contributed by atoms with van der Waals surface area (Å²) in [5, 5.41) is 0.663. The van der Waals surface area contributed by atoms with Crippen LogP contribution in [0.25, 0.3) is 0 Å². The third-order valence-electron chi connectivity index (χ3n) is 2.39. The zero-order valence-corrected chi connectivity index (χ0v) is 10.0. The maximum Gasteiger partial charge on any atom is 0.185 e. The van der Waals surface area contributed by atoms with Crippen LogP contribution in [0.2, 0.25) is 5.02 Å². The van der Waals surface area contributed by atoms with Crippen molar-refractivity contribution >= 4 is 17.9 Å². The van der Waals surface area contributed by atoms with E-state index in [4.69, 9.17) is 20.8 Å². The van der Waals surface area contributed by atoms with Gasteiger partial charge in [-0.05, 0) is 31.2 Å². The number of halogens is 1. The van der Waals surface area contributed by atoms with E-state index in [1.165, 1.54) is 0 Å². The minimum Gasteiger partial charge on any atom is -0.485 e. The molecule has 0 saturated heterocycles. The first kappa shape index (κ1) is 11.7. The highest BCUT2D eigenvalue weighted by Gasteiger charge is 2.05. The minimum atomic E-state index is 0.273. The second-order valence-corrected chi connectivity index (χ2v) is 3.98. The zero-order valence-electron chi connectivity index (χ0n) is 9.27. The minimum absolute atomic E-state index is 0.273. The van der Waals surface area contributed by atoms with Crippen LogP contribution in [0.5, 0.6) is 5.75 Å². The van der Waals surface area contributed by atoms with Crippen molar-refractivity contribution in [2.75, 3.05) is 0 Å². The number of hydrogen-bond donors (Lipinski definition) is 0. The Bertz CT molecular complexity index is 531. The van der Waals surface area contributed by atoms with Crippen LogP contribution >= 0.6 is 11.6 Å². The molecule has 3 nitrogen and oxygen atoms in total. The molecule has 0 fully saturated rings. The van der Waals surface area contributed by atoms with Crippen molar-refractivity contribution in [3.63, 3.8) is 0 Å². The van der Waals surface area contributed by atoms with Crippen LogP contribution < -0.4 is 4.74 Å². The third kappa shape index (κ3) is 2.68. The summed E-state index contributed by atoms with van der Waals surface area (Å²) in [4.78, 5) is 10.4. The van der Waals surface area contributed by atoms with Gasteiger partial charge in [0.25, 0.3) is 0 Å². The summed E-state index contributed by atoms with van der Waals surface area (Å²) in [5.74, 6) is 1.61. The summed E-state index contributed by atoms with van der Waals surface area (Å²) in [5.41, 5.74) is 0.885. The molecule has 0 N–H and O–H groups in total. The van der Waals surface area contributed by atoms with Gasteiger partial charge in [0, 0.05) is 10.6 Å². The van der Waals surface area contributed by atoms with Crippen molar-refractivity contribution in [2.45, 2.75) is 13.5 Å². The van der Waals surface area contributed by atoms with Gasteiger partial charge in [0.1, 0.15) is 18.1 Å². The molecule has 0 bridgehead atoms. The van der Waals surface area contributed by atoms with Gasteiger partial charge in [-0.1, -0.05) is 17.7 Å². The average Bonchev–Trinajstić information content (AvgIpc) is 2.79. The molecule has 0 radical (unpaired) electrons. The molecule has 0 aliphatic heterocycles. The summed E-state index contributed by atoms with van der Waals surface area (Å²) in [6.45, 7) is 2.16. The number of hydrogen-bond acceptors (Lipinski definition) is 3. The molecule has 0 aliphatic rings. The number of carbonyl (C=O) groups excluding carboxylic acids is 1. The van der Waals surface area contributed by atoms with E-state index in [-0.39, 0.29) is 6.61 Å². The van der Waals surface area contributed by atoms with Gasteiger partial charge in [-0.2, -0.15) is 0 Å². The van der Waals surface area contributed by atoms with E-state index >= 15 is 0 Å². The second-order valence-electron chi connectivity index (χ2n) is 3.57. The molecule has 17 heavy (non-hydrogen) atoms. The number of aldehydes is 1. The first-order chi connectivity index (χ1) is 8.20. The quantitative estimate of drug-likeness (QED) is 0.778. The zero-order chi connectivity index (χ0) is 12.3.